The van der Waals surface area contributed by atoms with Crippen molar-refractivity contribution in [3.05, 3.63) is 77.1 Å². The minimum absolute atomic E-state index is 0.232. The Labute approximate surface area is 153 Å². The molecular formula is C21H23FN2O2. The van der Waals surface area contributed by atoms with Gasteiger partial charge in [0.05, 0.1) is 6.04 Å². The maximum Gasteiger partial charge on any atom is 0.221 e. The van der Waals surface area contributed by atoms with Crippen LogP contribution in [0.25, 0.3) is 5.70 Å². The van der Waals surface area contributed by atoms with Crippen LogP contribution >= 0.6 is 0 Å². The van der Waals surface area contributed by atoms with Crippen molar-refractivity contribution in [1.29, 1.82) is 0 Å². The highest BCUT2D eigenvalue weighted by Gasteiger charge is 2.24. The number of amides is 2. The standard InChI is InChI=1S/C21H23FN2O2/c1-4-17(20(23-14(2)25)16-10-6-5-7-11-16)21(24-15(3)26)18-12-8-9-13-19(18)22/h5-13,21H,4H2,1-3H3,(H,23,25)(H,24,26)/b20-17-. The monoisotopic (exact) mass is 354 g/mol. The van der Waals surface area contributed by atoms with Crippen LogP contribution in [0.4, 0.5) is 4.39 Å². The van der Waals surface area contributed by atoms with Gasteiger partial charge in [0.2, 0.25) is 11.8 Å². The maximum absolute atomic E-state index is 14.5. The number of halogens is 1. The van der Waals surface area contributed by atoms with E-state index in [1.165, 1.54) is 19.9 Å². The van der Waals surface area contributed by atoms with E-state index in [-0.39, 0.29) is 11.8 Å². The lowest BCUT2D eigenvalue weighted by molar-refractivity contribution is -0.119. The first-order valence-corrected chi connectivity index (χ1v) is 8.51. The van der Waals surface area contributed by atoms with E-state index >= 15 is 0 Å². The van der Waals surface area contributed by atoms with Crippen molar-refractivity contribution in [1.82, 2.24) is 10.6 Å². The van der Waals surface area contributed by atoms with Crippen LogP contribution < -0.4 is 10.6 Å². The number of nitrogens with one attached hydrogen (secondary N) is 2. The van der Waals surface area contributed by atoms with Gasteiger partial charge in [-0.15, -0.1) is 0 Å². The van der Waals surface area contributed by atoms with Gasteiger partial charge >= 0.3 is 0 Å². The number of carbonyl (C=O) groups excluding carboxylic acids is 2. The number of rotatable bonds is 6. The highest BCUT2D eigenvalue weighted by Crippen LogP contribution is 2.31. The van der Waals surface area contributed by atoms with Crippen LogP contribution in [0.5, 0.6) is 0 Å². The summed E-state index contributed by atoms with van der Waals surface area (Å²) in [6.45, 7) is 4.73. The SMILES string of the molecule is CC/C(=C(/NC(C)=O)c1ccccc1)C(NC(C)=O)c1ccccc1F. The van der Waals surface area contributed by atoms with Gasteiger partial charge in [-0.2, -0.15) is 0 Å². The van der Waals surface area contributed by atoms with E-state index in [4.69, 9.17) is 0 Å². The molecule has 2 rings (SSSR count). The van der Waals surface area contributed by atoms with Gasteiger partial charge in [0, 0.05) is 25.1 Å². The number of carbonyl (C=O) groups is 2. The van der Waals surface area contributed by atoms with E-state index in [0.717, 1.165) is 11.1 Å². The summed E-state index contributed by atoms with van der Waals surface area (Å²) in [5.41, 5.74) is 2.47. The molecule has 0 radical (unpaired) electrons. The Kier molecular flexibility index (Phi) is 6.67. The zero-order valence-corrected chi connectivity index (χ0v) is 15.2. The summed E-state index contributed by atoms with van der Waals surface area (Å²) >= 11 is 0. The third-order valence-corrected chi connectivity index (χ3v) is 3.98. The van der Waals surface area contributed by atoms with Gasteiger partial charge in [0.15, 0.2) is 0 Å². The molecule has 0 saturated heterocycles. The van der Waals surface area contributed by atoms with Gasteiger partial charge in [-0.05, 0) is 23.6 Å². The molecular weight excluding hydrogens is 331 g/mol. The summed E-state index contributed by atoms with van der Waals surface area (Å²) in [6.07, 6.45) is 0.518. The van der Waals surface area contributed by atoms with Crippen molar-refractivity contribution >= 4 is 17.5 Å². The first kappa shape index (κ1) is 19.4. The Morgan fingerprint density at radius 1 is 0.962 bits per heavy atom. The lowest BCUT2D eigenvalue weighted by Crippen LogP contribution is -2.31. The molecule has 1 unspecified atom stereocenters. The van der Waals surface area contributed by atoms with Crippen molar-refractivity contribution in [3.63, 3.8) is 0 Å². The topological polar surface area (TPSA) is 58.2 Å². The Bertz CT molecular complexity index is 816. The van der Waals surface area contributed by atoms with Crippen molar-refractivity contribution in [3.8, 4) is 0 Å². The summed E-state index contributed by atoms with van der Waals surface area (Å²) < 4.78 is 14.5. The summed E-state index contributed by atoms with van der Waals surface area (Å²) in [6, 6.07) is 15.0. The number of hydrogen-bond donors (Lipinski definition) is 2. The summed E-state index contributed by atoms with van der Waals surface area (Å²) in [7, 11) is 0. The largest absolute Gasteiger partial charge is 0.346 e. The smallest absolute Gasteiger partial charge is 0.221 e. The highest BCUT2D eigenvalue weighted by molar-refractivity contribution is 5.86. The molecule has 26 heavy (non-hydrogen) atoms. The molecule has 0 spiro atoms. The predicted octanol–water partition coefficient (Wildman–Crippen LogP) is 3.96. The summed E-state index contributed by atoms with van der Waals surface area (Å²) in [5, 5.41) is 5.68. The van der Waals surface area contributed by atoms with Gasteiger partial charge in [-0.1, -0.05) is 55.5 Å². The van der Waals surface area contributed by atoms with Gasteiger partial charge < -0.3 is 10.6 Å². The first-order valence-electron chi connectivity index (χ1n) is 8.51. The molecule has 136 valence electrons. The minimum atomic E-state index is -0.680. The van der Waals surface area contributed by atoms with E-state index in [0.29, 0.717) is 17.7 Å². The minimum Gasteiger partial charge on any atom is -0.346 e. The molecule has 0 fully saturated rings. The van der Waals surface area contributed by atoms with Crippen molar-refractivity contribution < 1.29 is 14.0 Å². The Morgan fingerprint density at radius 2 is 1.58 bits per heavy atom. The van der Waals surface area contributed by atoms with E-state index < -0.39 is 11.9 Å². The normalized spacial score (nSPS) is 12.8. The molecule has 2 amide bonds. The lowest BCUT2D eigenvalue weighted by Gasteiger charge is -2.25. The molecule has 0 bridgehead atoms. The fourth-order valence-electron chi connectivity index (χ4n) is 2.91. The maximum atomic E-state index is 14.5. The number of hydrogen-bond acceptors (Lipinski definition) is 2. The second-order valence-electron chi connectivity index (χ2n) is 5.96. The molecule has 0 aliphatic carbocycles. The fourth-order valence-corrected chi connectivity index (χ4v) is 2.91. The Hall–Kier alpha value is -2.95. The molecule has 0 aliphatic rings. The first-order chi connectivity index (χ1) is 12.4. The van der Waals surface area contributed by atoms with Gasteiger partial charge in [-0.25, -0.2) is 4.39 Å². The molecule has 4 nitrogen and oxygen atoms in total. The molecule has 0 saturated carbocycles. The highest BCUT2D eigenvalue weighted by atomic mass is 19.1. The molecule has 0 heterocycles. The van der Waals surface area contributed by atoms with Crippen molar-refractivity contribution in [2.24, 2.45) is 0 Å². The van der Waals surface area contributed by atoms with E-state index in [9.17, 15) is 14.0 Å². The lowest BCUT2D eigenvalue weighted by atomic mass is 9.92. The van der Waals surface area contributed by atoms with E-state index in [1.54, 1.807) is 18.2 Å². The van der Waals surface area contributed by atoms with Crippen molar-refractivity contribution in [2.75, 3.05) is 0 Å². The average molecular weight is 354 g/mol. The molecule has 2 N–H and O–H groups in total. The Morgan fingerprint density at radius 3 is 2.12 bits per heavy atom. The zero-order chi connectivity index (χ0) is 19.1. The Balaban J connectivity index is 2.69. The van der Waals surface area contributed by atoms with Crippen LogP contribution in [0, 0.1) is 5.82 Å². The molecule has 1 atom stereocenters. The fraction of sp³-hybridized carbons (Fsp3) is 0.238. The van der Waals surface area contributed by atoms with Crippen molar-refractivity contribution in [2.45, 2.75) is 33.2 Å². The molecule has 0 aromatic heterocycles. The van der Waals surface area contributed by atoms with E-state index in [1.807, 2.05) is 37.3 Å². The molecule has 2 aromatic rings. The summed E-state index contributed by atoms with van der Waals surface area (Å²) in [5.74, 6) is -0.920. The van der Waals surface area contributed by atoms with Crippen LogP contribution in [-0.2, 0) is 9.59 Å². The zero-order valence-electron chi connectivity index (χ0n) is 15.2. The van der Waals surface area contributed by atoms with Gasteiger partial charge in [0.1, 0.15) is 5.82 Å². The summed E-state index contributed by atoms with van der Waals surface area (Å²) in [4.78, 5) is 23.6. The van der Waals surface area contributed by atoms with Crippen LogP contribution in [0.3, 0.4) is 0 Å². The van der Waals surface area contributed by atoms with Crippen LogP contribution in [0.2, 0.25) is 0 Å². The van der Waals surface area contributed by atoms with E-state index in [2.05, 4.69) is 10.6 Å². The average Bonchev–Trinajstić information content (AvgIpc) is 2.61. The second-order valence-corrected chi connectivity index (χ2v) is 5.96. The quantitative estimate of drug-likeness (QED) is 0.825. The van der Waals surface area contributed by atoms with Crippen LogP contribution in [0.15, 0.2) is 60.2 Å². The third-order valence-electron chi connectivity index (χ3n) is 3.98. The predicted molar refractivity (Wildman–Crippen MR) is 100 cm³/mol. The number of benzene rings is 2. The van der Waals surface area contributed by atoms with Crippen LogP contribution in [-0.4, -0.2) is 11.8 Å². The van der Waals surface area contributed by atoms with Crippen LogP contribution in [0.1, 0.15) is 44.4 Å². The van der Waals surface area contributed by atoms with Gasteiger partial charge in [-0.3, -0.25) is 9.59 Å². The second kappa shape index (κ2) is 8.94. The molecule has 2 aromatic carbocycles. The van der Waals surface area contributed by atoms with Gasteiger partial charge in [0.25, 0.3) is 0 Å². The third kappa shape index (κ3) is 4.79. The molecule has 5 heteroatoms. The molecule has 0 aliphatic heterocycles.